The van der Waals surface area contributed by atoms with Gasteiger partial charge in [-0.05, 0) is 47.8 Å². The van der Waals surface area contributed by atoms with Crippen LogP contribution in [0.15, 0.2) is 35.5 Å². The number of aromatic nitrogens is 3. The Bertz CT molecular complexity index is 2170. The van der Waals surface area contributed by atoms with Gasteiger partial charge in [-0.25, -0.2) is 28.5 Å². The van der Waals surface area contributed by atoms with Crippen molar-refractivity contribution in [2.45, 2.75) is 107 Å². The summed E-state index contributed by atoms with van der Waals surface area (Å²) in [6, 6.07) is 7.22. The van der Waals surface area contributed by atoms with Crippen LogP contribution >= 0.6 is 0 Å². The van der Waals surface area contributed by atoms with Gasteiger partial charge >= 0.3 is 6.09 Å². The molecule has 2 aromatic carbocycles. The molecule has 3 aliphatic heterocycles. The Morgan fingerprint density at radius 2 is 1.73 bits per heavy atom. The average Bonchev–Trinajstić information content (AvgIpc) is 3.32. The van der Waals surface area contributed by atoms with Crippen molar-refractivity contribution in [3.05, 3.63) is 47.5 Å². The standard InChI is InChI=1S/C38H43F2N5O4SSi/c1-19(2)51(20(3)4,21(5)6)17-16-25-27(39)14-12-23-10-9-11-26(29(23)25)32-31(40)33-30-35(43-37(42-33)50(8)48)44-18-24-13-15-28(45(24)38(46)47)34(44)22(7)49-36(30)41-32/h9-12,14,19-22,24,28,34H,13,15,18H2,1-8H3,(H,46,47). The van der Waals surface area contributed by atoms with Crippen LogP contribution in [-0.2, 0) is 10.8 Å². The van der Waals surface area contributed by atoms with Crippen LogP contribution in [0.3, 0.4) is 0 Å². The smallest absolute Gasteiger partial charge is 0.407 e. The number of fused-ring (bicyclic) bond motifs is 6. The zero-order valence-corrected chi connectivity index (χ0v) is 31.9. The third-order valence-electron chi connectivity index (χ3n) is 11.5. The molecule has 2 fully saturated rings. The van der Waals surface area contributed by atoms with E-state index in [1.807, 2.05) is 17.9 Å². The first kappa shape index (κ1) is 35.3. The van der Waals surface area contributed by atoms with E-state index in [9.17, 15) is 14.1 Å². The number of halogens is 2. The Labute approximate surface area is 300 Å². The lowest BCUT2D eigenvalue weighted by atomic mass is 9.96. The molecule has 5 atom stereocenters. The van der Waals surface area contributed by atoms with Gasteiger partial charge in [0.05, 0.1) is 34.5 Å². The van der Waals surface area contributed by atoms with E-state index in [-0.39, 0.29) is 39.2 Å². The molecule has 1 N–H and O–H groups in total. The van der Waals surface area contributed by atoms with Crippen LogP contribution in [0.4, 0.5) is 19.4 Å². The fourth-order valence-electron chi connectivity index (χ4n) is 9.30. The highest BCUT2D eigenvalue weighted by atomic mass is 32.2. The van der Waals surface area contributed by atoms with Gasteiger partial charge in [-0.15, -0.1) is 5.54 Å². The lowest BCUT2D eigenvalue weighted by Crippen LogP contribution is -2.64. The Hall–Kier alpha value is -4.15. The van der Waals surface area contributed by atoms with Crippen molar-refractivity contribution in [2.24, 2.45) is 0 Å². The molecule has 1 amide bonds. The molecule has 0 radical (unpaired) electrons. The van der Waals surface area contributed by atoms with Crippen LogP contribution < -0.4 is 9.64 Å². The van der Waals surface area contributed by atoms with E-state index >= 15 is 8.78 Å². The van der Waals surface area contributed by atoms with Gasteiger partial charge in [-0.3, -0.25) is 9.11 Å². The number of pyridine rings is 1. The Morgan fingerprint density at radius 3 is 2.37 bits per heavy atom. The summed E-state index contributed by atoms with van der Waals surface area (Å²) in [6.07, 6.45) is 1.16. The summed E-state index contributed by atoms with van der Waals surface area (Å²) < 4.78 is 52.7. The largest absolute Gasteiger partial charge is 0.472 e. The average molecular weight is 732 g/mol. The monoisotopic (exact) mass is 731 g/mol. The van der Waals surface area contributed by atoms with Crippen molar-refractivity contribution in [1.82, 2.24) is 19.9 Å². The fourth-order valence-corrected chi connectivity index (χ4v) is 14.9. The minimum Gasteiger partial charge on any atom is -0.472 e. The summed E-state index contributed by atoms with van der Waals surface area (Å²) in [4.78, 5) is 29.8. The van der Waals surface area contributed by atoms with Crippen LogP contribution in [0.1, 0.15) is 66.9 Å². The third-order valence-corrected chi connectivity index (χ3v) is 18.5. The van der Waals surface area contributed by atoms with Crippen LogP contribution in [0.2, 0.25) is 16.6 Å². The van der Waals surface area contributed by atoms with E-state index in [0.29, 0.717) is 58.2 Å². The van der Waals surface area contributed by atoms with E-state index in [2.05, 4.69) is 63.0 Å². The molecule has 2 aromatic heterocycles. The minimum absolute atomic E-state index is 0.0614. The Kier molecular flexibility index (Phi) is 8.86. The maximum atomic E-state index is 17.2. The second-order valence-electron chi connectivity index (χ2n) is 15.0. The summed E-state index contributed by atoms with van der Waals surface area (Å²) >= 11 is 0. The number of nitrogens with zero attached hydrogens (tertiary/aromatic N) is 5. The first-order chi connectivity index (χ1) is 24.2. The van der Waals surface area contributed by atoms with Gasteiger partial charge in [0.25, 0.3) is 0 Å². The molecular formula is C38H43F2N5O4SSi. The molecular weight excluding hydrogens is 689 g/mol. The van der Waals surface area contributed by atoms with Crippen LogP contribution in [0.5, 0.6) is 5.88 Å². The number of anilines is 1. The molecule has 0 spiro atoms. The summed E-state index contributed by atoms with van der Waals surface area (Å²) in [5.74, 6) is 2.41. The van der Waals surface area contributed by atoms with Crippen molar-refractivity contribution in [1.29, 1.82) is 0 Å². The number of rotatable bonds is 5. The maximum absolute atomic E-state index is 17.2. The van der Waals surface area contributed by atoms with Gasteiger partial charge in [0.1, 0.15) is 42.4 Å². The molecule has 3 aliphatic rings. The molecule has 13 heteroatoms. The molecule has 9 nitrogen and oxygen atoms in total. The maximum Gasteiger partial charge on any atom is 0.407 e. The molecule has 0 aliphatic carbocycles. The van der Waals surface area contributed by atoms with Gasteiger partial charge < -0.3 is 14.7 Å². The molecule has 51 heavy (non-hydrogen) atoms. The first-order valence-electron chi connectivity index (χ1n) is 17.6. The predicted molar refractivity (Wildman–Crippen MR) is 198 cm³/mol. The lowest BCUT2D eigenvalue weighted by molar-refractivity contribution is 0.0707. The van der Waals surface area contributed by atoms with E-state index in [1.54, 1.807) is 18.2 Å². The minimum atomic E-state index is -2.27. The van der Waals surface area contributed by atoms with Crippen molar-refractivity contribution in [3.8, 4) is 28.6 Å². The van der Waals surface area contributed by atoms with Gasteiger partial charge in [0.2, 0.25) is 11.0 Å². The zero-order valence-electron chi connectivity index (χ0n) is 30.1. The van der Waals surface area contributed by atoms with Gasteiger partial charge in [-0.1, -0.05) is 71.7 Å². The number of hydrogen-bond acceptors (Lipinski definition) is 7. The van der Waals surface area contributed by atoms with Crippen molar-refractivity contribution in [3.63, 3.8) is 0 Å². The van der Waals surface area contributed by atoms with Gasteiger partial charge in [0, 0.05) is 23.8 Å². The molecule has 2 saturated heterocycles. The highest BCUT2D eigenvalue weighted by Crippen LogP contribution is 2.47. The van der Waals surface area contributed by atoms with Gasteiger partial charge in [-0.2, -0.15) is 0 Å². The second kappa shape index (κ2) is 12.8. The highest BCUT2D eigenvalue weighted by molar-refractivity contribution is 7.84. The highest BCUT2D eigenvalue weighted by Gasteiger charge is 2.53. The first-order valence-corrected chi connectivity index (χ1v) is 21.4. The molecule has 7 rings (SSSR count). The Morgan fingerprint density at radius 1 is 1.02 bits per heavy atom. The normalized spacial score (nSPS) is 21.9. The summed E-state index contributed by atoms with van der Waals surface area (Å²) in [5.41, 5.74) is 4.90. The van der Waals surface area contributed by atoms with Crippen molar-refractivity contribution in [2.75, 3.05) is 17.7 Å². The molecule has 4 aromatic rings. The quantitative estimate of drug-likeness (QED) is 0.125. The van der Waals surface area contributed by atoms with Crippen molar-refractivity contribution >= 4 is 52.5 Å². The molecule has 5 unspecified atom stereocenters. The number of hydrogen-bond donors (Lipinski definition) is 1. The Balaban J connectivity index is 1.49. The SMILES string of the molecule is CC1Oc2nc(-c3cccc4ccc(F)c(C#C[Si](C(C)C)(C(C)C)C(C)C)c34)c(F)c3nc(S(C)=O)nc(c23)N2CC3CCC(C12)N3C(=O)O. The molecule has 2 bridgehead atoms. The van der Waals surface area contributed by atoms with Crippen LogP contribution in [0, 0.1) is 23.1 Å². The predicted octanol–water partition coefficient (Wildman–Crippen LogP) is 7.91. The number of amides is 1. The van der Waals surface area contributed by atoms with Gasteiger partial charge in [0.15, 0.2) is 5.82 Å². The summed E-state index contributed by atoms with van der Waals surface area (Å²) in [6.45, 7) is 15.3. The summed E-state index contributed by atoms with van der Waals surface area (Å²) in [7, 11) is -3.95. The van der Waals surface area contributed by atoms with E-state index in [4.69, 9.17) is 9.72 Å². The molecule has 0 saturated carbocycles. The van der Waals surface area contributed by atoms with E-state index in [0.717, 1.165) is 0 Å². The summed E-state index contributed by atoms with van der Waals surface area (Å²) in [5, 5.41) is 11.4. The van der Waals surface area contributed by atoms with E-state index in [1.165, 1.54) is 17.2 Å². The molecule has 268 valence electrons. The number of ether oxygens (including phenoxy) is 1. The van der Waals surface area contributed by atoms with E-state index < -0.39 is 54.8 Å². The lowest BCUT2D eigenvalue weighted by Gasteiger charge is -2.47. The second-order valence-corrected chi connectivity index (χ2v) is 21.9. The number of carboxylic acid groups (broad SMARTS) is 1. The van der Waals surface area contributed by atoms with Crippen LogP contribution in [0.25, 0.3) is 32.9 Å². The number of carbonyl (C=O) groups is 1. The fraction of sp³-hybridized carbons (Fsp3) is 0.474. The number of benzene rings is 2. The number of piperazine rings is 1. The topological polar surface area (TPSA) is 109 Å². The van der Waals surface area contributed by atoms with Crippen LogP contribution in [-0.4, -0.2) is 80.4 Å². The van der Waals surface area contributed by atoms with Crippen molar-refractivity contribution < 1.29 is 27.6 Å². The zero-order chi connectivity index (χ0) is 36.7. The molecule has 5 heterocycles. The third kappa shape index (κ3) is 5.39.